The van der Waals surface area contributed by atoms with E-state index >= 15 is 0 Å². The smallest absolute Gasteiger partial charge is 0.187 e. The molecule has 2 heterocycles. The molecule has 1 fully saturated rings. The van der Waals surface area contributed by atoms with Crippen LogP contribution in [0.3, 0.4) is 0 Å². The number of nitrogens with zero attached hydrogens (tertiary/aromatic N) is 2. The summed E-state index contributed by atoms with van der Waals surface area (Å²) in [7, 11) is 0. The molecule has 1 aromatic heterocycles. The van der Waals surface area contributed by atoms with Gasteiger partial charge in [0.25, 0.3) is 0 Å². The largest absolute Gasteiger partial charge is 0.391 e. The average molecular weight is 263 g/mol. The van der Waals surface area contributed by atoms with Crippen molar-refractivity contribution in [3.63, 3.8) is 0 Å². The van der Waals surface area contributed by atoms with Gasteiger partial charge in [0, 0.05) is 13.1 Å². The van der Waals surface area contributed by atoms with Crippen molar-refractivity contribution in [1.82, 2.24) is 4.98 Å². The summed E-state index contributed by atoms with van der Waals surface area (Å²) in [5.41, 5.74) is 0. The third-order valence-electron chi connectivity index (χ3n) is 2.65. The van der Waals surface area contributed by atoms with Gasteiger partial charge in [0.05, 0.1) is 24.2 Å². The molecule has 0 aliphatic carbocycles. The van der Waals surface area contributed by atoms with Crippen molar-refractivity contribution in [2.75, 3.05) is 24.6 Å². The van der Waals surface area contributed by atoms with E-state index in [0.717, 1.165) is 36.1 Å². The first kappa shape index (κ1) is 12.1. The molecule has 4 nitrogen and oxygen atoms in total. The number of aliphatic hydroxyl groups is 1. The molecule has 1 saturated heterocycles. The molecule has 0 amide bonds. The van der Waals surface area contributed by atoms with Gasteiger partial charge < -0.3 is 14.7 Å². The van der Waals surface area contributed by atoms with Crippen LogP contribution in [-0.4, -0.2) is 35.9 Å². The highest BCUT2D eigenvalue weighted by Crippen LogP contribution is 2.30. The Labute approximate surface area is 104 Å². The lowest BCUT2D eigenvalue weighted by Gasteiger charge is -2.32. The highest BCUT2D eigenvalue weighted by atomic mass is 35.5. The van der Waals surface area contributed by atoms with E-state index < -0.39 is 0 Å². The maximum Gasteiger partial charge on any atom is 0.187 e. The Morgan fingerprint density at radius 1 is 1.69 bits per heavy atom. The van der Waals surface area contributed by atoms with Gasteiger partial charge in [-0.25, -0.2) is 4.98 Å². The molecule has 1 N–H and O–H groups in total. The summed E-state index contributed by atoms with van der Waals surface area (Å²) >= 11 is 7.37. The number of hydrogen-bond acceptors (Lipinski definition) is 5. The molecule has 0 radical (unpaired) electrons. The Balaban J connectivity index is 2.10. The minimum Gasteiger partial charge on any atom is -0.391 e. The fourth-order valence-electron chi connectivity index (χ4n) is 1.69. The van der Waals surface area contributed by atoms with Crippen molar-refractivity contribution in [2.24, 2.45) is 0 Å². The molecule has 16 heavy (non-hydrogen) atoms. The molecule has 1 atom stereocenters. The van der Waals surface area contributed by atoms with Crippen LogP contribution in [0, 0.1) is 0 Å². The number of anilines is 1. The third-order valence-corrected chi connectivity index (χ3v) is 4.17. The quantitative estimate of drug-likeness (QED) is 0.904. The molecule has 90 valence electrons. The van der Waals surface area contributed by atoms with E-state index in [1.165, 1.54) is 11.3 Å². The normalized spacial score (nSPS) is 21.4. The minimum atomic E-state index is -0.0436. The van der Waals surface area contributed by atoms with Crippen molar-refractivity contribution >= 4 is 28.1 Å². The standard InChI is InChI=1S/C10H15ClN2O2S/c1-2-7-5-13(3-4-15-7)10-12-9(11)8(6-14)16-10/h7,14H,2-6H2,1H3. The van der Waals surface area contributed by atoms with E-state index in [1.54, 1.807) is 0 Å². The highest BCUT2D eigenvalue weighted by Gasteiger charge is 2.22. The van der Waals surface area contributed by atoms with Crippen molar-refractivity contribution in [2.45, 2.75) is 26.1 Å². The van der Waals surface area contributed by atoms with Crippen LogP contribution in [0.4, 0.5) is 5.13 Å². The van der Waals surface area contributed by atoms with Crippen LogP contribution < -0.4 is 4.90 Å². The van der Waals surface area contributed by atoms with Gasteiger partial charge in [-0.15, -0.1) is 0 Å². The number of halogens is 1. The van der Waals surface area contributed by atoms with Crippen molar-refractivity contribution in [1.29, 1.82) is 0 Å². The minimum absolute atomic E-state index is 0.0436. The van der Waals surface area contributed by atoms with Crippen LogP contribution >= 0.6 is 22.9 Å². The van der Waals surface area contributed by atoms with E-state index in [2.05, 4.69) is 16.8 Å². The summed E-state index contributed by atoms with van der Waals surface area (Å²) in [6.07, 6.45) is 1.27. The Morgan fingerprint density at radius 3 is 3.12 bits per heavy atom. The molecule has 1 aromatic rings. The fourth-order valence-corrected chi connectivity index (χ4v) is 2.85. The molecule has 1 aliphatic heterocycles. The summed E-state index contributed by atoms with van der Waals surface area (Å²) in [5.74, 6) is 0. The number of aromatic nitrogens is 1. The summed E-state index contributed by atoms with van der Waals surface area (Å²) in [5, 5.41) is 10.4. The number of thiazole rings is 1. The SMILES string of the molecule is CCC1CN(c2nc(Cl)c(CO)s2)CCO1. The van der Waals surface area contributed by atoms with Gasteiger partial charge in [0.15, 0.2) is 5.13 Å². The van der Waals surface area contributed by atoms with Crippen molar-refractivity contribution in [3.8, 4) is 0 Å². The molecule has 1 aliphatic rings. The van der Waals surface area contributed by atoms with E-state index in [0.29, 0.717) is 5.15 Å². The lowest BCUT2D eigenvalue weighted by molar-refractivity contribution is 0.0384. The van der Waals surface area contributed by atoms with Crippen LogP contribution in [0.25, 0.3) is 0 Å². The number of ether oxygens (including phenoxy) is 1. The van der Waals surface area contributed by atoms with E-state index in [4.69, 9.17) is 21.4 Å². The van der Waals surface area contributed by atoms with Gasteiger partial charge >= 0.3 is 0 Å². The molecule has 0 aromatic carbocycles. The molecular weight excluding hydrogens is 248 g/mol. The number of morpholine rings is 1. The van der Waals surface area contributed by atoms with Gasteiger partial charge in [0.1, 0.15) is 5.15 Å². The zero-order chi connectivity index (χ0) is 11.5. The fraction of sp³-hybridized carbons (Fsp3) is 0.700. The Hall–Kier alpha value is -0.360. The molecular formula is C10H15ClN2O2S. The van der Waals surface area contributed by atoms with E-state index in [-0.39, 0.29) is 12.7 Å². The first-order valence-electron chi connectivity index (χ1n) is 5.37. The molecule has 0 bridgehead atoms. The summed E-state index contributed by atoms with van der Waals surface area (Å²) < 4.78 is 5.60. The zero-order valence-electron chi connectivity index (χ0n) is 9.15. The van der Waals surface area contributed by atoms with Crippen LogP contribution in [0.1, 0.15) is 18.2 Å². The lowest BCUT2D eigenvalue weighted by atomic mass is 10.2. The van der Waals surface area contributed by atoms with E-state index in [1.807, 2.05) is 0 Å². The Kier molecular flexibility index (Phi) is 4.02. The topological polar surface area (TPSA) is 45.6 Å². The number of rotatable bonds is 3. The molecule has 1 unspecified atom stereocenters. The third kappa shape index (κ3) is 2.48. The van der Waals surface area contributed by atoms with E-state index in [9.17, 15) is 0 Å². The summed E-state index contributed by atoms with van der Waals surface area (Å²) in [4.78, 5) is 7.17. The highest BCUT2D eigenvalue weighted by molar-refractivity contribution is 7.16. The van der Waals surface area contributed by atoms with Crippen LogP contribution in [0.2, 0.25) is 5.15 Å². The van der Waals surface area contributed by atoms with Crippen LogP contribution in [-0.2, 0) is 11.3 Å². The molecule has 0 spiro atoms. The monoisotopic (exact) mass is 262 g/mol. The van der Waals surface area contributed by atoms with Crippen LogP contribution in [0.15, 0.2) is 0 Å². The van der Waals surface area contributed by atoms with Crippen LogP contribution in [0.5, 0.6) is 0 Å². The maximum absolute atomic E-state index is 9.07. The average Bonchev–Trinajstić information content (AvgIpc) is 2.71. The first-order valence-corrected chi connectivity index (χ1v) is 6.56. The summed E-state index contributed by atoms with van der Waals surface area (Å²) in [6, 6.07) is 0. The van der Waals surface area contributed by atoms with Gasteiger partial charge in [-0.2, -0.15) is 0 Å². The second-order valence-corrected chi connectivity index (χ2v) is 5.14. The van der Waals surface area contributed by atoms with Gasteiger partial charge in [-0.05, 0) is 6.42 Å². The zero-order valence-corrected chi connectivity index (χ0v) is 10.7. The van der Waals surface area contributed by atoms with Crippen molar-refractivity contribution in [3.05, 3.63) is 10.0 Å². The lowest BCUT2D eigenvalue weighted by Crippen LogP contribution is -2.42. The molecule has 2 rings (SSSR count). The van der Waals surface area contributed by atoms with Gasteiger partial charge in [0.2, 0.25) is 0 Å². The molecule has 0 saturated carbocycles. The second kappa shape index (κ2) is 5.31. The molecule has 6 heteroatoms. The predicted molar refractivity (Wildman–Crippen MR) is 65.3 cm³/mol. The first-order chi connectivity index (χ1) is 7.74. The number of aliphatic hydroxyl groups excluding tert-OH is 1. The summed E-state index contributed by atoms with van der Waals surface area (Å²) in [6.45, 7) is 4.49. The predicted octanol–water partition coefficient (Wildman–Crippen LogP) is 1.90. The Morgan fingerprint density at radius 2 is 2.50 bits per heavy atom. The van der Waals surface area contributed by atoms with Gasteiger partial charge in [-0.3, -0.25) is 0 Å². The second-order valence-electron chi connectivity index (χ2n) is 3.72. The van der Waals surface area contributed by atoms with Gasteiger partial charge in [-0.1, -0.05) is 29.9 Å². The maximum atomic E-state index is 9.07. The van der Waals surface area contributed by atoms with Crippen molar-refractivity contribution < 1.29 is 9.84 Å². The Bertz CT molecular complexity index is 359. The number of hydrogen-bond donors (Lipinski definition) is 1.